The van der Waals surface area contributed by atoms with Crippen molar-refractivity contribution in [3.05, 3.63) is 0 Å². The van der Waals surface area contributed by atoms with Gasteiger partial charge in [-0.3, -0.25) is 0 Å². The summed E-state index contributed by atoms with van der Waals surface area (Å²) < 4.78 is 11.7. The van der Waals surface area contributed by atoms with Gasteiger partial charge in [0.1, 0.15) is 0 Å². The van der Waals surface area contributed by atoms with Crippen LogP contribution in [0.25, 0.3) is 0 Å². The van der Waals surface area contributed by atoms with Crippen LogP contribution >= 0.6 is 0 Å². The second-order valence-electron chi connectivity index (χ2n) is 5.08. The first kappa shape index (κ1) is 15.2. The van der Waals surface area contributed by atoms with Gasteiger partial charge < -0.3 is 14.3 Å². The third-order valence-corrected chi connectivity index (χ3v) is 5.45. The molecule has 1 heterocycles. The number of aliphatic hydroxyl groups excluding tert-OH is 1. The fourth-order valence-electron chi connectivity index (χ4n) is 2.49. The number of ether oxygens (including phenoxy) is 1. The summed E-state index contributed by atoms with van der Waals surface area (Å²) in [6.07, 6.45) is 10.0. The van der Waals surface area contributed by atoms with Crippen LogP contribution in [0.4, 0.5) is 0 Å². The van der Waals surface area contributed by atoms with Crippen molar-refractivity contribution in [1.29, 1.82) is 0 Å². The van der Waals surface area contributed by atoms with Gasteiger partial charge in [0.15, 0.2) is 9.76 Å². The highest BCUT2D eigenvalue weighted by Crippen LogP contribution is 2.29. The normalized spacial score (nSPS) is 25.8. The van der Waals surface area contributed by atoms with Crippen molar-refractivity contribution >= 4 is 9.76 Å². The van der Waals surface area contributed by atoms with Crippen molar-refractivity contribution in [2.45, 2.75) is 63.5 Å². The standard InChI is InChI=1S/C13H28O3Si/c1-2-3-4-5-8-13(17-16-12-10-14)9-6-7-11-15-13/h14H,2-12,17H2,1H3. The van der Waals surface area contributed by atoms with Crippen molar-refractivity contribution in [3.63, 3.8) is 0 Å². The van der Waals surface area contributed by atoms with E-state index >= 15 is 0 Å². The molecular formula is C13H28O3Si. The van der Waals surface area contributed by atoms with Gasteiger partial charge in [0, 0.05) is 6.61 Å². The lowest BCUT2D eigenvalue weighted by atomic mass is 10.0. The zero-order valence-electron chi connectivity index (χ0n) is 11.2. The molecule has 1 aliphatic heterocycles. The molecule has 0 amide bonds. The fourth-order valence-corrected chi connectivity index (χ4v) is 4.15. The van der Waals surface area contributed by atoms with E-state index in [2.05, 4.69) is 6.92 Å². The quantitative estimate of drug-likeness (QED) is 0.509. The first-order valence-corrected chi connectivity index (χ1v) is 8.44. The van der Waals surface area contributed by atoms with Crippen LogP contribution in [0.2, 0.25) is 0 Å². The van der Waals surface area contributed by atoms with Crippen LogP contribution in [0.5, 0.6) is 0 Å². The molecular weight excluding hydrogens is 232 g/mol. The maximum absolute atomic E-state index is 8.78. The van der Waals surface area contributed by atoms with E-state index < -0.39 is 9.76 Å². The molecule has 0 aromatic heterocycles. The Morgan fingerprint density at radius 1 is 1.29 bits per heavy atom. The van der Waals surface area contributed by atoms with Crippen LogP contribution in [-0.2, 0) is 9.16 Å². The van der Waals surface area contributed by atoms with Gasteiger partial charge >= 0.3 is 0 Å². The molecule has 1 fully saturated rings. The van der Waals surface area contributed by atoms with Gasteiger partial charge in [-0.1, -0.05) is 32.6 Å². The molecule has 3 nitrogen and oxygen atoms in total. The molecule has 17 heavy (non-hydrogen) atoms. The predicted molar refractivity (Wildman–Crippen MR) is 72.9 cm³/mol. The molecule has 1 unspecified atom stereocenters. The van der Waals surface area contributed by atoms with Crippen molar-refractivity contribution in [2.24, 2.45) is 0 Å². The zero-order valence-corrected chi connectivity index (χ0v) is 12.7. The Morgan fingerprint density at radius 2 is 2.18 bits per heavy atom. The van der Waals surface area contributed by atoms with E-state index in [0.29, 0.717) is 6.61 Å². The minimum absolute atomic E-state index is 0.0845. The second kappa shape index (κ2) is 9.08. The fraction of sp³-hybridized carbons (Fsp3) is 1.00. The van der Waals surface area contributed by atoms with E-state index in [4.69, 9.17) is 14.3 Å². The monoisotopic (exact) mass is 260 g/mol. The van der Waals surface area contributed by atoms with Gasteiger partial charge in [-0.15, -0.1) is 0 Å². The number of unbranched alkanes of at least 4 members (excludes halogenated alkanes) is 3. The lowest BCUT2D eigenvalue weighted by molar-refractivity contribution is -0.0367. The summed E-state index contributed by atoms with van der Waals surface area (Å²) >= 11 is 0. The summed E-state index contributed by atoms with van der Waals surface area (Å²) in [7, 11) is -0.669. The first-order chi connectivity index (χ1) is 8.33. The van der Waals surface area contributed by atoms with E-state index in [0.717, 1.165) is 6.61 Å². The summed E-state index contributed by atoms with van der Waals surface area (Å²) in [6, 6.07) is 0. The molecule has 0 aliphatic carbocycles. The summed E-state index contributed by atoms with van der Waals surface area (Å²) in [6.45, 7) is 3.78. The van der Waals surface area contributed by atoms with Crippen LogP contribution in [-0.4, -0.2) is 39.9 Å². The van der Waals surface area contributed by atoms with E-state index in [1.54, 1.807) is 0 Å². The van der Waals surface area contributed by atoms with E-state index in [1.165, 1.54) is 51.4 Å². The van der Waals surface area contributed by atoms with Gasteiger partial charge in [0.25, 0.3) is 0 Å². The maximum Gasteiger partial charge on any atom is 0.194 e. The minimum atomic E-state index is -0.669. The minimum Gasteiger partial charge on any atom is -0.419 e. The lowest BCUT2D eigenvalue weighted by Gasteiger charge is -2.37. The SMILES string of the molecule is CCCCCCC1([SiH2]OCCO)CCCCO1. The molecule has 102 valence electrons. The van der Waals surface area contributed by atoms with Gasteiger partial charge in [-0.05, 0) is 25.7 Å². The molecule has 0 bridgehead atoms. The average Bonchev–Trinajstić information content (AvgIpc) is 2.36. The third kappa shape index (κ3) is 6.00. The molecule has 0 spiro atoms. The lowest BCUT2D eigenvalue weighted by Crippen LogP contribution is -2.43. The Balaban J connectivity index is 2.29. The van der Waals surface area contributed by atoms with Crippen LogP contribution in [0, 0.1) is 0 Å². The first-order valence-electron chi connectivity index (χ1n) is 7.15. The molecule has 4 heteroatoms. The predicted octanol–water partition coefficient (Wildman–Crippen LogP) is 1.95. The van der Waals surface area contributed by atoms with Gasteiger partial charge in [-0.25, -0.2) is 0 Å². The second-order valence-corrected chi connectivity index (χ2v) is 7.06. The zero-order chi connectivity index (χ0) is 12.4. The largest absolute Gasteiger partial charge is 0.419 e. The molecule has 0 radical (unpaired) electrons. The van der Waals surface area contributed by atoms with Crippen molar-refractivity contribution < 1.29 is 14.3 Å². The summed E-state index contributed by atoms with van der Waals surface area (Å²) in [5, 5.41) is 8.87. The number of hydrogen-bond acceptors (Lipinski definition) is 3. The Labute approximate surface area is 108 Å². The number of aliphatic hydroxyl groups is 1. The Hall–Kier alpha value is 0.0969. The van der Waals surface area contributed by atoms with Crippen molar-refractivity contribution in [3.8, 4) is 0 Å². The van der Waals surface area contributed by atoms with Crippen LogP contribution in [0.3, 0.4) is 0 Å². The molecule has 0 aromatic carbocycles. The molecule has 1 atom stereocenters. The van der Waals surface area contributed by atoms with Gasteiger partial charge in [0.2, 0.25) is 0 Å². The van der Waals surface area contributed by atoms with Crippen molar-refractivity contribution in [2.75, 3.05) is 19.8 Å². The van der Waals surface area contributed by atoms with Gasteiger partial charge in [-0.2, -0.15) is 0 Å². The van der Waals surface area contributed by atoms with E-state index in [9.17, 15) is 0 Å². The highest BCUT2D eigenvalue weighted by molar-refractivity contribution is 6.31. The van der Waals surface area contributed by atoms with Crippen LogP contribution in [0.1, 0.15) is 58.3 Å². The van der Waals surface area contributed by atoms with E-state index in [-0.39, 0.29) is 11.8 Å². The van der Waals surface area contributed by atoms with Crippen molar-refractivity contribution in [1.82, 2.24) is 0 Å². The smallest absolute Gasteiger partial charge is 0.194 e. The topological polar surface area (TPSA) is 38.7 Å². The summed E-state index contributed by atoms with van der Waals surface area (Å²) in [5.74, 6) is 0. The third-order valence-electron chi connectivity index (χ3n) is 3.52. The molecule has 0 saturated carbocycles. The van der Waals surface area contributed by atoms with Crippen LogP contribution in [0.15, 0.2) is 0 Å². The summed E-state index contributed by atoms with van der Waals surface area (Å²) in [5.41, 5.74) is 0. The van der Waals surface area contributed by atoms with E-state index in [1.807, 2.05) is 0 Å². The maximum atomic E-state index is 8.78. The Morgan fingerprint density at radius 3 is 2.82 bits per heavy atom. The van der Waals surface area contributed by atoms with Crippen LogP contribution < -0.4 is 0 Å². The molecule has 1 aliphatic rings. The molecule has 1 saturated heterocycles. The highest BCUT2D eigenvalue weighted by Gasteiger charge is 2.33. The van der Waals surface area contributed by atoms with Gasteiger partial charge in [0.05, 0.1) is 18.4 Å². The number of hydrogen-bond donors (Lipinski definition) is 1. The Bertz CT molecular complexity index is 182. The molecule has 0 aromatic rings. The Kier molecular flexibility index (Phi) is 8.10. The highest BCUT2D eigenvalue weighted by atomic mass is 28.2. The molecule has 1 rings (SSSR count). The summed E-state index contributed by atoms with van der Waals surface area (Å²) in [4.78, 5) is 0. The molecule has 1 N–H and O–H groups in total. The number of rotatable bonds is 9. The average molecular weight is 260 g/mol.